The second-order valence-corrected chi connectivity index (χ2v) is 25.0. The molecule has 0 heterocycles. The van der Waals surface area contributed by atoms with E-state index in [9.17, 15) is 19.0 Å². The van der Waals surface area contributed by atoms with E-state index in [0.29, 0.717) is 17.4 Å². The fourth-order valence-electron chi connectivity index (χ4n) is 9.44. The molecule has 0 aliphatic carbocycles. The van der Waals surface area contributed by atoms with E-state index in [2.05, 4.69) is 86.8 Å². The number of unbranched alkanes of at least 4 members (excludes halogenated alkanes) is 34. The number of ether oxygens (including phenoxy) is 1. The molecule has 10 heteroatoms. The van der Waals surface area contributed by atoms with Crippen molar-refractivity contribution in [2.75, 3.05) is 40.9 Å². The number of esters is 1. The van der Waals surface area contributed by atoms with E-state index in [1.807, 2.05) is 33.3 Å². The largest absolute Gasteiger partial charge is 0.756 e. The number of amides is 1. The topological polar surface area (TPSA) is 114 Å². The van der Waals surface area contributed by atoms with Crippen LogP contribution in [0.25, 0.3) is 0 Å². The Morgan fingerprint density at radius 1 is 0.443 bits per heavy atom. The van der Waals surface area contributed by atoms with Crippen LogP contribution in [0.4, 0.5) is 0 Å². The minimum Gasteiger partial charge on any atom is -0.756 e. The van der Waals surface area contributed by atoms with Crippen molar-refractivity contribution in [3.05, 3.63) is 72.9 Å². The maximum Gasteiger partial charge on any atom is 0.306 e. The lowest BCUT2D eigenvalue weighted by Gasteiger charge is -2.30. The predicted octanol–water partition coefficient (Wildman–Crippen LogP) is 20.2. The van der Waals surface area contributed by atoms with Crippen molar-refractivity contribution in [3.8, 4) is 0 Å². The molecule has 79 heavy (non-hydrogen) atoms. The Bertz CT molecular complexity index is 1580. The predicted molar refractivity (Wildman–Crippen MR) is 339 cm³/mol. The number of hydrogen-bond donors (Lipinski definition) is 1. The highest BCUT2D eigenvalue weighted by atomic mass is 31.2. The lowest BCUT2D eigenvalue weighted by molar-refractivity contribution is -0.870. The average Bonchev–Trinajstić information content (AvgIpc) is 3.41. The Morgan fingerprint density at radius 3 is 1.19 bits per heavy atom. The second kappa shape index (κ2) is 58.6. The number of rotatable bonds is 60. The SMILES string of the molecule is CCCCC/C=C\C/C=C\C/C=C\C/C=C\CCCCCCCCCC(=O)NC(COP(=O)([O-])OCC[N+](C)(C)C)C(/C=C\CCCCCCCCCCCCC)OC(=O)CCCCCCCCC/C=C/CCCCCCCC. The number of hydrogen-bond acceptors (Lipinski definition) is 7. The Morgan fingerprint density at radius 2 is 0.772 bits per heavy atom. The van der Waals surface area contributed by atoms with Crippen molar-refractivity contribution in [2.45, 2.75) is 315 Å². The summed E-state index contributed by atoms with van der Waals surface area (Å²) in [5, 5.41) is 3.03. The van der Waals surface area contributed by atoms with Crippen molar-refractivity contribution in [2.24, 2.45) is 0 Å². The van der Waals surface area contributed by atoms with Crippen molar-refractivity contribution < 1.29 is 37.3 Å². The van der Waals surface area contributed by atoms with Crippen LogP contribution >= 0.6 is 7.82 Å². The van der Waals surface area contributed by atoms with E-state index in [1.54, 1.807) is 0 Å². The monoisotopic (exact) mass is 1130 g/mol. The van der Waals surface area contributed by atoms with Gasteiger partial charge in [-0.2, -0.15) is 0 Å². The van der Waals surface area contributed by atoms with Crippen LogP contribution in [0.5, 0.6) is 0 Å². The van der Waals surface area contributed by atoms with Gasteiger partial charge in [0.05, 0.1) is 33.8 Å². The molecule has 460 valence electrons. The van der Waals surface area contributed by atoms with Gasteiger partial charge in [0.1, 0.15) is 19.3 Å². The molecule has 0 aromatic carbocycles. The molecule has 0 radical (unpaired) electrons. The Balaban J connectivity index is 5.23. The minimum atomic E-state index is -4.71. The first-order valence-electron chi connectivity index (χ1n) is 33.2. The third kappa shape index (κ3) is 59.9. The molecule has 0 aliphatic heterocycles. The molecule has 0 saturated heterocycles. The van der Waals surface area contributed by atoms with Crippen molar-refractivity contribution in [1.29, 1.82) is 0 Å². The molecule has 0 bridgehead atoms. The number of quaternary nitrogens is 1. The van der Waals surface area contributed by atoms with Gasteiger partial charge >= 0.3 is 5.97 Å². The van der Waals surface area contributed by atoms with Crippen LogP contribution in [-0.2, 0) is 27.9 Å². The summed E-state index contributed by atoms with van der Waals surface area (Å²) in [6, 6.07) is -0.899. The van der Waals surface area contributed by atoms with Crippen molar-refractivity contribution >= 4 is 19.7 Å². The summed E-state index contributed by atoms with van der Waals surface area (Å²) in [5.41, 5.74) is 0. The highest BCUT2D eigenvalue weighted by Crippen LogP contribution is 2.38. The van der Waals surface area contributed by atoms with Gasteiger partial charge in [-0.3, -0.25) is 14.2 Å². The smallest absolute Gasteiger partial charge is 0.306 e. The molecule has 3 unspecified atom stereocenters. The first kappa shape index (κ1) is 76.5. The zero-order valence-corrected chi connectivity index (χ0v) is 53.5. The van der Waals surface area contributed by atoms with Gasteiger partial charge in [-0.25, -0.2) is 0 Å². The van der Waals surface area contributed by atoms with Crippen LogP contribution in [0.1, 0.15) is 303 Å². The number of nitrogens with zero attached hydrogens (tertiary/aromatic N) is 1. The molecule has 9 nitrogen and oxygen atoms in total. The Hall–Kier alpha value is -2.55. The van der Waals surface area contributed by atoms with E-state index < -0.39 is 26.6 Å². The minimum absolute atomic E-state index is 0.0271. The molecule has 0 spiro atoms. The van der Waals surface area contributed by atoms with E-state index in [0.717, 1.165) is 103 Å². The van der Waals surface area contributed by atoms with Crippen LogP contribution in [-0.4, -0.2) is 69.4 Å². The molecule has 3 atom stereocenters. The molecule has 0 aromatic heterocycles. The highest BCUT2D eigenvalue weighted by Gasteiger charge is 2.27. The molecule has 0 aromatic rings. The second-order valence-electron chi connectivity index (χ2n) is 23.6. The summed E-state index contributed by atoms with van der Waals surface area (Å²) in [7, 11) is 1.17. The number of nitrogens with one attached hydrogen (secondary N) is 1. The Kier molecular flexibility index (Phi) is 56.7. The van der Waals surface area contributed by atoms with E-state index >= 15 is 0 Å². The van der Waals surface area contributed by atoms with Gasteiger partial charge in [0, 0.05) is 12.8 Å². The van der Waals surface area contributed by atoms with E-state index in [-0.39, 0.29) is 24.9 Å². The number of likely N-dealkylation sites (N-methyl/N-ethyl adjacent to an activating group) is 1. The first-order chi connectivity index (χ1) is 38.4. The van der Waals surface area contributed by atoms with Gasteiger partial charge < -0.3 is 28.5 Å². The number of phosphoric ester groups is 1. The molecular formula is C69H127N2O7P. The van der Waals surface area contributed by atoms with Crippen molar-refractivity contribution in [1.82, 2.24) is 5.32 Å². The fraction of sp³-hybridized carbons (Fsp3) is 0.797. The quantitative estimate of drug-likeness (QED) is 0.0212. The maximum absolute atomic E-state index is 13.6. The normalized spacial score (nSPS) is 14.1. The molecule has 1 N–H and O–H groups in total. The number of carbonyl (C=O) groups is 2. The summed E-state index contributed by atoms with van der Waals surface area (Å²) in [4.78, 5) is 40.1. The number of allylic oxidation sites excluding steroid dienone is 11. The third-order valence-electron chi connectivity index (χ3n) is 14.6. The van der Waals surface area contributed by atoms with E-state index in [1.165, 1.54) is 167 Å². The van der Waals surface area contributed by atoms with Gasteiger partial charge in [0.15, 0.2) is 0 Å². The molecule has 1 amide bonds. The van der Waals surface area contributed by atoms with Crippen molar-refractivity contribution in [3.63, 3.8) is 0 Å². The summed E-state index contributed by atoms with van der Waals surface area (Å²) in [6.45, 7) is 6.82. The average molecular weight is 1130 g/mol. The van der Waals surface area contributed by atoms with Crippen LogP contribution in [0, 0.1) is 0 Å². The summed E-state index contributed by atoms with van der Waals surface area (Å²) in [6.07, 6.45) is 75.8. The molecule has 0 saturated carbocycles. The highest BCUT2D eigenvalue weighted by molar-refractivity contribution is 7.45. The number of phosphoric acid groups is 1. The summed E-state index contributed by atoms with van der Waals surface area (Å²) < 4.78 is 30.4. The van der Waals surface area contributed by atoms with Crippen LogP contribution in [0.3, 0.4) is 0 Å². The number of carbonyl (C=O) groups excluding carboxylic acids is 2. The van der Waals surface area contributed by atoms with Gasteiger partial charge in [0.25, 0.3) is 7.82 Å². The lowest BCUT2D eigenvalue weighted by atomic mass is 10.0. The maximum atomic E-state index is 13.6. The third-order valence-corrected chi connectivity index (χ3v) is 15.6. The molecule has 0 fully saturated rings. The zero-order chi connectivity index (χ0) is 57.9. The van der Waals surface area contributed by atoms with Gasteiger partial charge in [-0.15, -0.1) is 0 Å². The van der Waals surface area contributed by atoms with Crippen LogP contribution < -0.4 is 10.2 Å². The van der Waals surface area contributed by atoms with Gasteiger partial charge in [0.2, 0.25) is 5.91 Å². The van der Waals surface area contributed by atoms with E-state index in [4.69, 9.17) is 13.8 Å². The Labute approximate surface area is 489 Å². The molecule has 0 aliphatic rings. The fourth-order valence-corrected chi connectivity index (χ4v) is 10.2. The van der Waals surface area contributed by atoms with Gasteiger partial charge in [-0.1, -0.05) is 261 Å². The summed E-state index contributed by atoms with van der Waals surface area (Å²) in [5.74, 6) is -0.552. The van der Waals surface area contributed by atoms with Crippen LogP contribution in [0.15, 0.2) is 72.9 Å². The van der Waals surface area contributed by atoms with Crippen LogP contribution in [0.2, 0.25) is 0 Å². The standard InChI is InChI=1S/C69H127N2O7P/c1-7-10-13-16-19-22-25-28-30-32-33-34-35-36-37-39-40-43-46-49-52-55-58-61-68(72)70-66(65-77-79(74,75)76-64-63-71(4,5)6)67(60-57-54-51-48-45-42-27-24-21-18-15-12-9-3)78-69(73)62-59-56-53-50-47-44-41-38-31-29-26-23-20-17-14-11-8-2/h19,22,28-31,33-34,36-37,57,60,66-67H,7-18,20-21,23-27,32,35,38-56,58-59,61-65H2,1-6H3,(H-,70,72,74,75)/b22-19-,30-28-,31-29+,34-33-,37-36-,60-57-. The van der Waals surface area contributed by atoms with Gasteiger partial charge in [-0.05, 0) is 102 Å². The summed E-state index contributed by atoms with van der Waals surface area (Å²) >= 11 is 0. The molecule has 0 rings (SSSR count). The first-order valence-corrected chi connectivity index (χ1v) is 34.7. The molecular weight excluding hydrogens is 1000 g/mol. The lowest BCUT2D eigenvalue weighted by Crippen LogP contribution is -2.47. The zero-order valence-electron chi connectivity index (χ0n) is 52.6.